The Labute approximate surface area is 123 Å². The van der Waals surface area contributed by atoms with Crippen molar-refractivity contribution in [2.45, 2.75) is 4.90 Å². The Hall–Kier alpha value is -2.19. The second-order valence-corrected chi connectivity index (χ2v) is 6.24. The summed E-state index contributed by atoms with van der Waals surface area (Å²) in [5.41, 5.74) is 0.196. The third kappa shape index (κ3) is 3.29. The van der Waals surface area contributed by atoms with Crippen LogP contribution in [0.4, 0.5) is 0 Å². The number of sulfonamides is 1. The number of allylic oxidation sites excluding steroid dienone is 1. The predicted octanol–water partition coefficient (Wildman–Crippen LogP) is 1.14. The molecule has 0 amide bonds. The lowest BCUT2D eigenvalue weighted by atomic mass is 10.1. The maximum atomic E-state index is 12.6. The summed E-state index contributed by atoms with van der Waals surface area (Å²) in [6, 6.07) is 9.78. The Morgan fingerprint density at radius 3 is 2.43 bits per heavy atom. The molecule has 0 aromatic heterocycles. The van der Waals surface area contributed by atoms with Crippen molar-refractivity contribution in [3.8, 4) is 12.1 Å². The lowest BCUT2D eigenvalue weighted by Gasteiger charge is -2.26. The highest BCUT2D eigenvalue weighted by Gasteiger charge is 2.27. The molecule has 7 heteroatoms. The van der Waals surface area contributed by atoms with Crippen molar-refractivity contribution in [2.75, 3.05) is 26.3 Å². The molecule has 0 saturated carbocycles. The number of nitriles is 2. The van der Waals surface area contributed by atoms with Crippen LogP contribution in [-0.4, -0.2) is 39.0 Å². The molecular weight excluding hydrogens is 290 g/mol. The fourth-order valence-corrected chi connectivity index (χ4v) is 3.59. The molecule has 1 heterocycles. The first-order valence-electron chi connectivity index (χ1n) is 6.28. The summed E-state index contributed by atoms with van der Waals surface area (Å²) in [4.78, 5) is 0.0925. The zero-order valence-corrected chi connectivity index (χ0v) is 12.0. The minimum Gasteiger partial charge on any atom is -0.379 e. The first kappa shape index (κ1) is 15.2. The van der Waals surface area contributed by atoms with Crippen LogP contribution in [0.5, 0.6) is 0 Å². The number of morpholine rings is 1. The molecule has 6 nitrogen and oxygen atoms in total. The van der Waals surface area contributed by atoms with E-state index in [1.165, 1.54) is 16.4 Å². The third-order valence-corrected chi connectivity index (χ3v) is 5.02. The number of hydrogen-bond acceptors (Lipinski definition) is 5. The molecule has 0 spiro atoms. The van der Waals surface area contributed by atoms with Gasteiger partial charge in [0.05, 0.1) is 18.1 Å². The second-order valence-electron chi connectivity index (χ2n) is 4.34. The SMILES string of the molecule is N#CC(C#N)=Cc1ccccc1S(=O)(=O)N1CCOCC1. The van der Waals surface area contributed by atoms with Crippen molar-refractivity contribution in [1.29, 1.82) is 10.5 Å². The van der Waals surface area contributed by atoms with Gasteiger partial charge in [-0.15, -0.1) is 0 Å². The molecule has 0 N–H and O–H groups in total. The van der Waals surface area contributed by atoms with Gasteiger partial charge in [-0.1, -0.05) is 18.2 Å². The molecule has 0 atom stereocenters. The molecule has 0 radical (unpaired) electrons. The van der Waals surface area contributed by atoms with Crippen LogP contribution in [0.2, 0.25) is 0 Å². The largest absolute Gasteiger partial charge is 0.379 e. The molecule has 1 saturated heterocycles. The van der Waals surface area contributed by atoms with E-state index < -0.39 is 10.0 Å². The van der Waals surface area contributed by atoms with E-state index in [1.54, 1.807) is 30.3 Å². The van der Waals surface area contributed by atoms with Gasteiger partial charge in [0.1, 0.15) is 17.7 Å². The molecule has 0 aliphatic carbocycles. The van der Waals surface area contributed by atoms with Crippen LogP contribution in [0.15, 0.2) is 34.7 Å². The zero-order valence-electron chi connectivity index (χ0n) is 11.2. The van der Waals surface area contributed by atoms with Gasteiger partial charge in [0.25, 0.3) is 0 Å². The van der Waals surface area contributed by atoms with Gasteiger partial charge in [-0.2, -0.15) is 14.8 Å². The van der Waals surface area contributed by atoms with Crippen molar-refractivity contribution in [3.63, 3.8) is 0 Å². The van der Waals surface area contributed by atoms with Gasteiger partial charge in [0.15, 0.2) is 0 Å². The Kier molecular flexibility index (Phi) is 4.71. The number of hydrogen-bond donors (Lipinski definition) is 0. The monoisotopic (exact) mass is 303 g/mol. The molecule has 108 valence electrons. The fraction of sp³-hybridized carbons (Fsp3) is 0.286. The molecule has 0 unspecified atom stereocenters. The van der Waals surface area contributed by atoms with Gasteiger partial charge in [0.2, 0.25) is 10.0 Å². The molecule has 1 aliphatic rings. The summed E-state index contributed by atoms with van der Waals surface area (Å²) < 4.78 is 31.8. The lowest BCUT2D eigenvalue weighted by Crippen LogP contribution is -2.40. The van der Waals surface area contributed by atoms with Gasteiger partial charge < -0.3 is 4.74 Å². The average molecular weight is 303 g/mol. The van der Waals surface area contributed by atoms with Crippen LogP contribution in [0.1, 0.15) is 5.56 Å². The summed E-state index contributed by atoms with van der Waals surface area (Å²) in [6.45, 7) is 1.31. The van der Waals surface area contributed by atoms with E-state index in [0.29, 0.717) is 31.9 Å². The maximum Gasteiger partial charge on any atom is 0.243 e. The quantitative estimate of drug-likeness (QED) is 0.780. The summed E-state index contributed by atoms with van der Waals surface area (Å²) in [7, 11) is -3.66. The van der Waals surface area contributed by atoms with E-state index in [1.807, 2.05) is 0 Å². The van der Waals surface area contributed by atoms with E-state index in [2.05, 4.69) is 0 Å². The highest BCUT2D eigenvalue weighted by atomic mass is 32.2. The van der Waals surface area contributed by atoms with Crippen LogP contribution in [-0.2, 0) is 14.8 Å². The highest BCUT2D eigenvalue weighted by Crippen LogP contribution is 2.23. The standard InChI is InChI=1S/C14H13N3O3S/c15-10-12(11-16)9-13-3-1-2-4-14(13)21(18,19)17-5-7-20-8-6-17/h1-4,9H,5-8H2. The van der Waals surface area contributed by atoms with Crippen LogP contribution in [0, 0.1) is 22.7 Å². The van der Waals surface area contributed by atoms with Crippen molar-refractivity contribution >= 4 is 16.1 Å². The van der Waals surface area contributed by atoms with Crippen molar-refractivity contribution in [2.24, 2.45) is 0 Å². The normalized spacial score (nSPS) is 15.7. The second kappa shape index (κ2) is 6.51. The number of rotatable bonds is 3. The zero-order chi connectivity index (χ0) is 15.3. The minimum atomic E-state index is -3.66. The van der Waals surface area contributed by atoms with Crippen molar-refractivity contribution in [1.82, 2.24) is 4.31 Å². The summed E-state index contributed by atoms with van der Waals surface area (Å²) in [5, 5.41) is 17.6. The van der Waals surface area contributed by atoms with Gasteiger partial charge in [-0.05, 0) is 17.7 Å². The molecule has 1 aliphatic heterocycles. The molecule has 1 aromatic carbocycles. The maximum absolute atomic E-state index is 12.6. The molecule has 1 aromatic rings. The van der Waals surface area contributed by atoms with Crippen LogP contribution >= 0.6 is 0 Å². The third-order valence-electron chi connectivity index (χ3n) is 3.05. The summed E-state index contributed by atoms with van der Waals surface area (Å²) >= 11 is 0. The smallest absolute Gasteiger partial charge is 0.243 e. The van der Waals surface area contributed by atoms with Gasteiger partial charge >= 0.3 is 0 Å². The van der Waals surface area contributed by atoms with E-state index in [0.717, 1.165) is 0 Å². The van der Waals surface area contributed by atoms with Crippen LogP contribution < -0.4 is 0 Å². The van der Waals surface area contributed by atoms with Gasteiger partial charge in [0, 0.05) is 13.1 Å². The first-order valence-corrected chi connectivity index (χ1v) is 7.72. The summed E-state index contributed by atoms with van der Waals surface area (Å²) in [5.74, 6) is 0. The highest BCUT2D eigenvalue weighted by molar-refractivity contribution is 7.89. The average Bonchev–Trinajstić information content (AvgIpc) is 2.53. The molecule has 2 rings (SSSR count). The van der Waals surface area contributed by atoms with E-state index in [4.69, 9.17) is 15.3 Å². The molecular formula is C14H13N3O3S. The van der Waals surface area contributed by atoms with Crippen molar-refractivity contribution in [3.05, 3.63) is 35.4 Å². The lowest BCUT2D eigenvalue weighted by molar-refractivity contribution is 0.0730. The van der Waals surface area contributed by atoms with Crippen molar-refractivity contribution < 1.29 is 13.2 Å². The Balaban J connectivity index is 2.47. The molecule has 0 bridgehead atoms. The predicted molar refractivity (Wildman–Crippen MR) is 75.2 cm³/mol. The fourth-order valence-electron chi connectivity index (χ4n) is 2.01. The topological polar surface area (TPSA) is 94.2 Å². The van der Waals surface area contributed by atoms with E-state index >= 15 is 0 Å². The van der Waals surface area contributed by atoms with Gasteiger partial charge in [-0.25, -0.2) is 8.42 Å². The Morgan fingerprint density at radius 2 is 1.81 bits per heavy atom. The number of nitrogens with zero attached hydrogens (tertiary/aromatic N) is 3. The van der Waals surface area contributed by atoms with E-state index in [-0.39, 0.29) is 10.5 Å². The van der Waals surface area contributed by atoms with Crippen LogP contribution in [0.3, 0.4) is 0 Å². The van der Waals surface area contributed by atoms with Crippen LogP contribution in [0.25, 0.3) is 6.08 Å². The Morgan fingerprint density at radius 1 is 1.19 bits per heavy atom. The van der Waals surface area contributed by atoms with E-state index in [9.17, 15) is 8.42 Å². The Bertz CT molecular complexity index is 719. The number of ether oxygens (including phenoxy) is 1. The molecule has 1 fully saturated rings. The summed E-state index contributed by atoms with van der Waals surface area (Å²) in [6.07, 6.45) is 1.29. The first-order chi connectivity index (χ1) is 10.1. The van der Waals surface area contributed by atoms with Gasteiger partial charge in [-0.3, -0.25) is 0 Å². The molecule has 21 heavy (non-hydrogen) atoms. The minimum absolute atomic E-state index is 0.0925. The number of benzene rings is 1.